The fourth-order valence-electron chi connectivity index (χ4n) is 1.15. The summed E-state index contributed by atoms with van der Waals surface area (Å²) >= 11 is 11.0. The van der Waals surface area contributed by atoms with Crippen LogP contribution in [0.4, 0.5) is 0 Å². The van der Waals surface area contributed by atoms with Crippen LogP contribution in [0.2, 0.25) is 5.02 Å². The molecular weight excluding hydrogens is 207 g/mol. The molecule has 13 heavy (non-hydrogen) atoms. The topological polar surface area (TPSA) is 17.1 Å². The molecule has 1 unspecified atom stereocenters. The molecule has 0 saturated carbocycles. The lowest BCUT2D eigenvalue weighted by Crippen LogP contribution is -1.97. The summed E-state index contributed by atoms with van der Waals surface area (Å²) in [5.74, 6) is 0.155. The second-order valence-electron chi connectivity index (χ2n) is 3.01. The highest BCUT2D eigenvalue weighted by Gasteiger charge is 2.08. The Bertz CT molecular complexity index is 292. The molecular formula is C10H10Cl2O. The SMILES string of the molecule is CC(CC(=O)Cl)c1ccc(Cl)cc1. The van der Waals surface area contributed by atoms with E-state index < -0.39 is 0 Å². The summed E-state index contributed by atoms with van der Waals surface area (Å²) in [6.45, 7) is 1.96. The van der Waals surface area contributed by atoms with E-state index in [1.165, 1.54) is 0 Å². The Labute approximate surface area is 87.7 Å². The number of halogens is 2. The number of benzene rings is 1. The molecule has 0 bridgehead atoms. The lowest BCUT2D eigenvalue weighted by atomic mass is 9.99. The third-order valence-electron chi connectivity index (χ3n) is 1.91. The molecule has 0 saturated heterocycles. The Morgan fingerprint density at radius 2 is 1.92 bits per heavy atom. The zero-order chi connectivity index (χ0) is 9.84. The van der Waals surface area contributed by atoms with Gasteiger partial charge in [0.1, 0.15) is 0 Å². The lowest BCUT2D eigenvalue weighted by Gasteiger charge is -2.08. The smallest absolute Gasteiger partial charge is 0.222 e. The van der Waals surface area contributed by atoms with E-state index in [-0.39, 0.29) is 11.2 Å². The number of rotatable bonds is 3. The van der Waals surface area contributed by atoms with Crippen LogP contribution in [-0.4, -0.2) is 5.24 Å². The molecule has 0 N–H and O–H groups in total. The van der Waals surface area contributed by atoms with Crippen LogP contribution in [-0.2, 0) is 4.79 Å². The van der Waals surface area contributed by atoms with Crippen molar-refractivity contribution in [2.75, 3.05) is 0 Å². The van der Waals surface area contributed by atoms with Gasteiger partial charge in [-0.3, -0.25) is 4.79 Å². The highest BCUT2D eigenvalue weighted by Crippen LogP contribution is 2.21. The summed E-state index contributed by atoms with van der Waals surface area (Å²) in [6, 6.07) is 7.44. The molecule has 0 aliphatic rings. The van der Waals surface area contributed by atoms with Crippen molar-refractivity contribution in [3.8, 4) is 0 Å². The van der Waals surface area contributed by atoms with Gasteiger partial charge < -0.3 is 0 Å². The summed E-state index contributed by atoms with van der Waals surface area (Å²) in [5, 5.41) is 0.399. The van der Waals surface area contributed by atoms with E-state index in [9.17, 15) is 4.79 Å². The van der Waals surface area contributed by atoms with Crippen molar-refractivity contribution in [3.63, 3.8) is 0 Å². The molecule has 0 aliphatic carbocycles. The van der Waals surface area contributed by atoms with Crippen molar-refractivity contribution in [2.45, 2.75) is 19.3 Å². The van der Waals surface area contributed by atoms with Crippen LogP contribution in [0.1, 0.15) is 24.8 Å². The van der Waals surface area contributed by atoms with Crippen molar-refractivity contribution in [3.05, 3.63) is 34.9 Å². The fourth-order valence-corrected chi connectivity index (χ4v) is 1.51. The van der Waals surface area contributed by atoms with Gasteiger partial charge in [0, 0.05) is 11.4 Å². The van der Waals surface area contributed by atoms with Crippen LogP contribution in [0.5, 0.6) is 0 Å². The highest BCUT2D eigenvalue weighted by molar-refractivity contribution is 6.63. The van der Waals surface area contributed by atoms with E-state index in [0.717, 1.165) is 5.56 Å². The van der Waals surface area contributed by atoms with E-state index in [2.05, 4.69) is 0 Å². The van der Waals surface area contributed by atoms with Crippen LogP contribution >= 0.6 is 23.2 Å². The molecule has 0 fully saturated rings. The largest absolute Gasteiger partial charge is 0.281 e. The van der Waals surface area contributed by atoms with Crippen LogP contribution in [0.15, 0.2) is 24.3 Å². The van der Waals surface area contributed by atoms with Gasteiger partial charge in [0.05, 0.1) is 0 Å². The Morgan fingerprint density at radius 1 is 1.38 bits per heavy atom. The average molecular weight is 217 g/mol. The van der Waals surface area contributed by atoms with Crippen molar-refractivity contribution in [2.24, 2.45) is 0 Å². The van der Waals surface area contributed by atoms with E-state index in [1.807, 2.05) is 31.2 Å². The molecule has 0 amide bonds. The Morgan fingerprint density at radius 3 is 2.38 bits per heavy atom. The zero-order valence-electron chi connectivity index (χ0n) is 7.26. The van der Waals surface area contributed by atoms with Crippen LogP contribution in [0.25, 0.3) is 0 Å². The zero-order valence-corrected chi connectivity index (χ0v) is 8.77. The van der Waals surface area contributed by atoms with Crippen LogP contribution in [0, 0.1) is 0 Å². The monoisotopic (exact) mass is 216 g/mol. The molecule has 3 heteroatoms. The normalized spacial score (nSPS) is 12.5. The molecule has 0 radical (unpaired) electrons. The third kappa shape index (κ3) is 3.37. The second-order valence-corrected chi connectivity index (χ2v) is 3.87. The summed E-state index contributed by atoms with van der Waals surface area (Å²) in [4.78, 5) is 10.6. The van der Waals surface area contributed by atoms with Gasteiger partial charge in [-0.15, -0.1) is 0 Å². The molecule has 1 atom stereocenters. The van der Waals surface area contributed by atoms with Crippen molar-refractivity contribution >= 4 is 28.4 Å². The van der Waals surface area contributed by atoms with Gasteiger partial charge in [0.2, 0.25) is 5.24 Å². The molecule has 0 aromatic heterocycles. The minimum Gasteiger partial charge on any atom is -0.281 e. The minimum atomic E-state index is -0.303. The fraction of sp³-hybridized carbons (Fsp3) is 0.300. The molecule has 0 spiro atoms. The average Bonchev–Trinajstić information content (AvgIpc) is 2.04. The maximum absolute atomic E-state index is 10.6. The molecule has 0 heterocycles. The second kappa shape index (κ2) is 4.64. The van der Waals surface area contributed by atoms with Gasteiger partial charge in [0.25, 0.3) is 0 Å². The molecule has 1 aromatic carbocycles. The van der Waals surface area contributed by atoms with E-state index >= 15 is 0 Å². The lowest BCUT2D eigenvalue weighted by molar-refractivity contribution is -0.111. The van der Waals surface area contributed by atoms with Gasteiger partial charge >= 0.3 is 0 Å². The maximum atomic E-state index is 10.6. The summed E-state index contributed by atoms with van der Waals surface area (Å²) < 4.78 is 0. The predicted octanol–water partition coefficient (Wildman–Crippen LogP) is 3.60. The number of carbonyl (C=O) groups is 1. The summed E-state index contributed by atoms with van der Waals surface area (Å²) in [6.07, 6.45) is 0.364. The Balaban J connectivity index is 2.71. The molecule has 1 rings (SSSR count). The van der Waals surface area contributed by atoms with Gasteiger partial charge in [0.15, 0.2) is 0 Å². The first-order valence-electron chi connectivity index (χ1n) is 4.03. The summed E-state index contributed by atoms with van der Waals surface area (Å²) in [7, 11) is 0. The number of hydrogen-bond donors (Lipinski definition) is 0. The quantitative estimate of drug-likeness (QED) is 0.707. The third-order valence-corrected chi connectivity index (χ3v) is 2.31. The van der Waals surface area contributed by atoms with Crippen molar-refractivity contribution < 1.29 is 4.79 Å². The van der Waals surface area contributed by atoms with E-state index in [1.54, 1.807) is 0 Å². The first kappa shape index (κ1) is 10.6. The van der Waals surface area contributed by atoms with Gasteiger partial charge in [-0.2, -0.15) is 0 Å². The van der Waals surface area contributed by atoms with E-state index in [0.29, 0.717) is 11.4 Å². The number of hydrogen-bond acceptors (Lipinski definition) is 1. The Kier molecular flexibility index (Phi) is 3.76. The molecule has 1 aromatic rings. The highest BCUT2D eigenvalue weighted by atomic mass is 35.5. The summed E-state index contributed by atoms with van der Waals surface area (Å²) in [5.41, 5.74) is 1.08. The predicted molar refractivity (Wildman–Crippen MR) is 55.3 cm³/mol. The van der Waals surface area contributed by atoms with Gasteiger partial charge in [-0.25, -0.2) is 0 Å². The van der Waals surface area contributed by atoms with Gasteiger partial charge in [-0.05, 0) is 35.2 Å². The molecule has 70 valence electrons. The Hall–Kier alpha value is -0.530. The van der Waals surface area contributed by atoms with E-state index in [4.69, 9.17) is 23.2 Å². The minimum absolute atomic E-state index is 0.155. The van der Waals surface area contributed by atoms with Crippen LogP contribution < -0.4 is 0 Å². The molecule has 0 aliphatic heterocycles. The maximum Gasteiger partial charge on any atom is 0.222 e. The first-order valence-corrected chi connectivity index (χ1v) is 4.79. The van der Waals surface area contributed by atoms with Crippen molar-refractivity contribution in [1.82, 2.24) is 0 Å². The van der Waals surface area contributed by atoms with Gasteiger partial charge in [-0.1, -0.05) is 30.7 Å². The molecule has 1 nitrogen and oxygen atoms in total. The number of carbonyl (C=O) groups excluding carboxylic acids is 1. The van der Waals surface area contributed by atoms with Crippen molar-refractivity contribution in [1.29, 1.82) is 0 Å². The first-order chi connectivity index (χ1) is 6.09. The standard InChI is InChI=1S/C10H10Cl2O/c1-7(6-10(12)13)8-2-4-9(11)5-3-8/h2-5,7H,6H2,1H3. The van der Waals surface area contributed by atoms with Crippen LogP contribution in [0.3, 0.4) is 0 Å².